The van der Waals surface area contributed by atoms with Crippen LogP contribution in [-0.2, 0) is 28.6 Å². The van der Waals surface area contributed by atoms with Crippen LogP contribution in [0.1, 0.15) is 278 Å². The Balaban J connectivity index is 4.50. The molecule has 0 aromatic heterocycles. The van der Waals surface area contributed by atoms with Crippen molar-refractivity contribution in [1.29, 1.82) is 0 Å². The zero-order chi connectivity index (χ0) is 58.5. The highest BCUT2D eigenvalue weighted by Crippen LogP contribution is 2.15. The van der Waals surface area contributed by atoms with E-state index in [1.807, 2.05) is 0 Å². The third-order valence-electron chi connectivity index (χ3n) is 13.5. The molecule has 0 saturated carbocycles. The molecule has 0 amide bonds. The highest BCUT2D eigenvalue weighted by molar-refractivity contribution is 5.71. The Labute approximate surface area is 499 Å². The van der Waals surface area contributed by atoms with Gasteiger partial charge in [-0.3, -0.25) is 14.4 Å². The summed E-state index contributed by atoms with van der Waals surface area (Å²) in [4.78, 5) is 38.3. The van der Waals surface area contributed by atoms with Crippen LogP contribution >= 0.6 is 0 Å². The highest BCUT2D eigenvalue weighted by atomic mass is 16.6. The molecule has 0 N–H and O–H groups in total. The first-order valence-corrected chi connectivity index (χ1v) is 33.0. The molecular weight excluding hydrogens is 997 g/mol. The molecule has 0 aliphatic carbocycles. The van der Waals surface area contributed by atoms with Gasteiger partial charge in [0.1, 0.15) is 13.2 Å². The van der Waals surface area contributed by atoms with Crippen LogP contribution in [0.3, 0.4) is 0 Å². The Morgan fingerprint density at radius 3 is 0.790 bits per heavy atom. The van der Waals surface area contributed by atoms with E-state index in [4.69, 9.17) is 14.2 Å². The largest absolute Gasteiger partial charge is 0.462 e. The molecule has 0 bridgehead atoms. The van der Waals surface area contributed by atoms with Gasteiger partial charge in [0, 0.05) is 19.3 Å². The minimum atomic E-state index is -0.824. The molecule has 81 heavy (non-hydrogen) atoms. The second-order valence-corrected chi connectivity index (χ2v) is 21.3. The number of hydrogen-bond donors (Lipinski definition) is 0. The first-order chi connectivity index (χ1) is 40.0. The molecule has 0 spiro atoms. The number of carbonyl (C=O) groups is 3. The predicted octanol–water partition coefficient (Wildman–Crippen LogP) is 22.9. The lowest BCUT2D eigenvalue weighted by atomic mass is 10.1. The second-order valence-electron chi connectivity index (χ2n) is 21.3. The molecule has 0 rings (SSSR count). The van der Waals surface area contributed by atoms with Gasteiger partial charge in [-0.1, -0.05) is 269 Å². The number of esters is 3. The van der Waals surface area contributed by atoms with Gasteiger partial charge in [-0.2, -0.15) is 0 Å². The smallest absolute Gasteiger partial charge is 0.306 e. The van der Waals surface area contributed by atoms with Crippen LogP contribution in [0.2, 0.25) is 0 Å². The van der Waals surface area contributed by atoms with Crippen LogP contribution < -0.4 is 0 Å². The van der Waals surface area contributed by atoms with E-state index < -0.39 is 6.10 Å². The maximum Gasteiger partial charge on any atom is 0.306 e. The van der Waals surface area contributed by atoms with Gasteiger partial charge >= 0.3 is 17.9 Å². The topological polar surface area (TPSA) is 78.9 Å². The quantitative estimate of drug-likeness (QED) is 0.0261. The van der Waals surface area contributed by atoms with Gasteiger partial charge in [-0.05, 0) is 148 Å². The number of ether oxygens (including phenoxy) is 3. The molecule has 6 nitrogen and oxygen atoms in total. The molecule has 0 radical (unpaired) electrons. The summed E-state index contributed by atoms with van der Waals surface area (Å²) in [5.74, 6) is -1.00. The maximum absolute atomic E-state index is 12.9. The van der Waals surface area contributed by atoms with Crippen molar-refractivity contribution >= 4 is 17.9 Å². The van der Waals surface area contributed by atoms with Gasteiger partial charge in [-0.15, -0.1) is 0 Å². The molecule has 0 aromatic carbocycles. The monoisotopic (exact) mass is 1120 g/mol. The van der Waals surface area contributed by atoms with Gasteiger partial charge in [0.25, 0.3) is 0 Å². The van der Waals surface area contributed by atoms with Crippen molar-refractivity contribution in [3.8, 4) is 0 Å². The fraction of sp³-hybridized carbons (Fsp3) is 0.613. The van der Waals surface area contributed by atoms with Crippen molar-refractivity contribution < 1.29 is 28.6 Å². The van der Waals surface area contributed by atoms with E-state index >= 15 is 0 Å². The summed E-state index contributed by atoms with van der Waals surface area (Å²) in [6.07, 6.45) is 98.3. The Bertz CT molecular complexity index is 1810. The lowest BCUT2D eigenvalue weighted by molar-refractivity contribution is -0.167. The summed E-state index contributed by atoms with van der Waals surface area (Å²) in [6, 6.07) is 0. The second kappa shape index (κ2) is 67.5. The third kappa shape index (κ3) is 65.7. The Morgan fingerprint density at radius 2 is 0.481 bits per heavy atom. The molecule has 0 fully saturated rings. The van der Waals surface area contributed by atoms with Crippen LogP contribution in [0.5, 0.6) is 0 Å². The predicted molar refractivity (Wildman–Crippen MR) is 352 cm³/mol. The maximum atomic E-state index is 12.9. The first kappa shape index (κ1) is 76.0. The van der Waals surface area contributed by atoms with E-state index in [0.717, 1.165) is 122 Å². The van der Waals surface area contributed by atoms with Crippen LogP contribution in [0.15, 0.2) is 158 Å². The van der Waals surface area contributed by atoms with E-state index in [1.165, 1.54) is 103 Å². The van der Waals surface area contributed by atoms with E-state index in [2.05, 4.69) is 179 Å². The minimum Gasteiger partial charge on any atom is -0.462 e. The number of hydrogen-bond acceptors (Lipinski definition) is 6. The standard InChI is InChI=1S/C75H120O6/c1-4-7-10-13-16-19-22-25-28-30-32-34-35-36-37-38-39-41-42-44-47-50-53-56-59-62-65-68-74(77)80-71-72(70-79-73(76)67-64-61-58-55-52-49-46-27-24-21-18-15-12-9-6-3)81-75(78)69-66-63-60-57-54-51-48-45-43-40-33-31-29-26-23-20-17-14-11-8-5-2/h7,9-10,12,16,18-19,21,25,27-28,31-34,36-37,39,41,44,46-47,52-53,55-56,72H,4-6,8,11,13-15,17,20,22-24,26,29-30,35,38,40,42-43,45,48-51,54,57-71H2,1-3H3/b10-7-,12-9-,19-16-,21-18-,28-25-,33-31-,34-32-,37-36-,41-39-,46-27-,47-44-,55-52-,56-53-. The summed E-state index contributed by atoms with van der Waals surface area (Å²) in [7, 11) is 0. The number of unbranched alkanes of at least 4 members (excludes halogenated alkanes) is 21. The van der Waals surface area contributed by atoms with Crippen LogP contribution in [0, 0.1) is 0 Å². The number of allylic oxidation sites excluding steroid dienone is 26. The Kier molecular flexibility index (Phi) is 63.4. The number of carbonyl (C=O) groups excluding carboxylic acids is 3. The van der Waals surface area contributed by atoms with Crippen molar-refractivity contribution in [2.24, 2.45) is 0 Å². The average Bonchev–Trinajstić information content (AvgIpc) is 3.47. The normalized spacial score (nSPS) is 13.2. The van der Waals surface area contributed by atoms with Crippen molar-refractivity contribution in [3.05, 3.63) is 158 Å². The summed E-state index contributed by atoms with van der Waals surface area (Å²) < 4.78 is 16.9. The zero-order valence-corrected chi connectivity index (χ0v) is 52.2. The lowest BCUT2D eigenvalue weighted by Crippen LogP contribution is -2.30. The van der Waals surface area contributed by atoms with E-state index in [-0.39, 0.29) is 37.5 Å². The van der Waals surface area contributed by atoms with E-state index in [9.17, 15) is 14.4 Å². The molecule has 0 heterocycles. The van der Waals surface area contributed by atoms with Crippen LogP contribution in [0.4, 0.5) is 0 Å². The summed E-state index contributed by atoms with van der Waals surface area (Å²) in [5.41, 5.74) is 0. The molecule has 0 aromatic rings. The van der Waals surface area contributed by atoms with Gasteiger partial charge in [0.15, 0.2) is 6.10 Å². The van der Waals surface area contributed by atoms with Crippen molar-refractivity contribution in [2.45, 2.75) is 284 Å². The molecule has 1 atom stereocenters. The van der Waals surface area contributed by atoms with Crippen molar-refractivity contribution in [2.75, 3.05) is 13.2 Å². The molecule has 0 aliphatic rings. The fourth-order valence-electron chi connectivity index (χ4n) is 8.62. The van der Waals surface area contributed by atoms with Crippen molar-refractivity contribution in [1.82, 2.24) is 0 Å². The average molecular weight is 1120 g/mol. The molecule has 456 valence electrons. The fourth-order valence-corrected chi connectivity index (χ4v) is 8.62. The molecule has 1 unspecified atom stereocenters. The summed E-state index contributed by atoms with van der Waals surface area (Å²) >= 11 is 0. The zero-order valence-electron chi connectivity index (χ0n) is 52.2. The van der Waals surface area contributed by atoms with Crippen molar-refractivity contribution in [3.63, 3.8) is 0 Å². The van der Waals surface area contributed by atoms with Gasteiger partial charge < -0.3 is 14.2 Å². The molecule has 6 heteroatoms. The van der Waals surface area contributed by atoms with Crippen LogP contribution in [-0.4, -0.2) is 37.2 Å². The molecule has 0 aliphatic heterocycles. The third-order valence-corrected chi connectivity index (χ3v) is 13.5. The molecule has 0 saturated heterocycles. The van der Waals surface area contributed by atoms with Gasteiger partial charge in [0.2, 0.25) is 0 Å². The summed E-state index contributed by atoms with van der Waals surface area (Å²) in [5, 5.41) is 0. The van der Waals surface area contributed by atoms with Gasteiger partial charge in [0.05, 0.1) is 0 Å². The van der Waals surface area contributed by atoms with Gasteiger partial charge in [-0.25, -0.2) is 0 Å². The lowest BCUT2D eigenvalue weighted by Gasteiger charge is -2.18. The first-order valence-electron chi connectivity index (χ1n) is 33.0. The Morgan fingerprint density at radius 1 is 0.259 bits per heavy atom. The SMILES string of the molecule is CC/C=C\C/C=C\C/C=C\C/C=C\C/C=C\C/C=C\C/C=C\C/C=C\CCCCC(=O)OCC(COC(=O)CCCC/C=C\C/C=C\C/C=C\C/C=C\CC)OC(=O)CCCCCCCCCCC/C=C\CCCCCCCCCC. The Hall–Kier alpha value is -4.97. The van der Waals surface area contributed by atoms with Crippen LogP contribution in [0.25, 0.3) is 0 Å². The van der Waals surface area contributed by atoms with E-state index in [1.54, 1.807) is 0 Å². The number of rotatable bonds is 58. The molecular formula is C75H120O6. The van der Waals surface area contributed by atoms with E-state index in [0.29, 0.717) is 25.7 Å². The highest BCUT2D eigenvalue weighted by Gasteiger charge is 2.19. The minimum absolute atomic E-state index is 0.120. The summed E-state index contributed by atoms with van der Waals surface area (Å²) in [6.45, 7) is 6.34.